The number of hydrogen-bond donors (Lipinski definition) is 0. The average Bonchev–Trinajstić information content (AvgIpc) is 0.811. The van der Waals surface area contributed by atoms with E-state index < -0.39 is 0 Å². The highest BCUT2D eigenvalue weighted by atomic mass is 28.3. The average molecular weight is 93.3 g/mol. The Morgan fingerprint density at radius 1 is 1.50 bits per heavy atom. The molecule has 0 aromatic rings. The molecule has 0 aromatic heterocycles. The molecule has 0 aliphatic heterocycles. The van der Waals surface area contributed by atoms with Crippen LogP contribution in [0.15, 0.2) is 0 Å². The molecule has 0 saturated heterocycles. The third kappa shape index (κ3) is 30.0. The zero-order chi connectivity index (χ0) is 3.58. The van der Waals surface area contributed by atoms with Crippen molar-refractivity contribution >= 4 is 21.0 Å². The number of rotatable bonds is 0. The second kappa shape index (κ2) is 1.69. The van der Waals surface area contributed by atoms with Crippen LogP contribution in [0.3, 0.4) is 0 Å². The molecule has 0 atom stereocenters. The van der Waals surface area contributed by atoms with E-state index in [2.05, 4.69) is 3.75 Å². The van der Waals surface area contributed by atoms with Crippen LogP contribution in [0.25, 0.3) is 0 Å². The van der Waals surface area contributed by atoms with Crippen LogP contribution in [0.5, 0.6) is 0 Å². The van der Waals surface area contributed by atoms with E-state index in [0.717, 1.165) is 21.0 Å². The Hall–Kier alpha value is 0.394. The molecule has 3 heteroatoms. The minimum absolute atomic E-state index is 1.16. The summed E-state index contributed by atoms with van der Waals surface area (Å²) < 4.78 is 2.86. The van der Waals surface area contributed by atoms with Gasteiger partial charge in [-0.05, 0) is 0 Å². The summed E-state index contributed by atoms with van der Waals surface area (Å²) in [4.78, 5) is 0. The van der Waals surface area contributed by atoms with Gasteiger partial charge in [0.15, 0.2) is 0 Å². The molecule has 0 radical (unpaired) electrons. The maximum atomic E-state index is 2.86. The smallest absolute Gasteiger partial charge is 0.316 e. The van der Waals surface area contributed by atoms with Gasteiger partial charge in [-0.1, -0.05) is 0 Å². The largest absolute Gasteiger partial charge is 0.634 e. The number of hydrogen-bond acceptors (Lipinski definition) is 0. The van der Waals surface area contributed by atoms with E-state index in [-0.39, 0.29) is 0 Å². The zero-order valence-electron chi connectivity index (χ0n) is 3.41. The van der Waals surface area contributed by atoms with Gasteiger partial charge in [0.25, 0.3) is 0 Å². The lowest BCUT2D eigenvalue weighted by Crippen LogP contribution is -1.93. The summed E-state index contributed by atoms with van der Waals surface area (Å²) in [5.74, 6) is 0. The van der Waals surface area contributed by atoms with Crippen molar-refractivity contribution in [3.05, 3.63) is 0 Å². The molecule has 0 amide bonds. The van der Waals surface area contributed by atoms with Gasteiger partial charge in [0.2, 0.25) is 0 Å². The monoisotopic (exact) mass is 93.0 g/mol. The van der Waals surface area contributed by atoms with Crippen molar-refractivity contribution in [2.75, 3.05) is 7.11 Å². The fraction of sp³-hybridized carbons (Fsp3) is 1.00. The van der Waals surface area contributed by atoms with Crippen LogP contribution in [-0.4, -0.2) is 28.1 Å². The summed E-state index contributed by atoms with van der Waals surface area (Å²) in [5, 5.41) is 0. The molecule has 0 bridgehead atoms. The van der Waals surface area contributed by atoms with E-state index in [4.69, 9.17) is 0 Å². The summed E-state index contributed by atoms with van der Waals surface area (Å²) in [6.45, 7) is 0. The van der Waals surface area contributed by atoms with Gasteiger partial charge < -0.3 is 3.75 Å². The first-order chi connectivity index (χ1) is 1.73. The summed E-state index contributed by atoms with van der Waals surface area (Å²) in [6.07, 6.45) is 0. The van der Waals surface area contributed by atoms with Crippen molar-refractivity contribution in [3.8, 4) is 0 Å². The molecule has 0 saturated carbocycles. The molecule has 0 fully saturated rings. The standard InChI is InChI=1S/CH9OSi2/c1-2(3)4/h1,3-4H3/q+1. The first-order valence-corrected chi connectivity index (χ1v) is 2.86. The second-order valence-electron chi connectivity index (χ2n) is 1.22. The lowest BCUT2D eigenvalue weighted by molar-refractivity contribution is 0.309. The third-order valence-corrected chi connectivity index (χ3v) is 0. The molecular formula is CH9OSi2+. The Labute approximate surface area is 32.8 Å². The summed E-state index contributed by atoms with van der Waals surface area (Å²) in [6, 6.07) is 0. The van der Waals surface area contributed by atoms with Crippen LogP contribution < -0.4 is 0 Å². The third-order valence-electron chi connectivity index (χ3n) is 0. The fourth-order valence-electron chi connectivity index (χ4n) is 0. The highest BCUT2D eigenvalue weighted by molar-refractivity contribution is 6.17. The van der Waals surface area contributed by atoms with E-state index in [9.17, 15) is 0 Å². The van der Waals surface area contributed by atoms with Gasteiger partial charge in [0, 0.05) is 0 Å². The minimum Gasteiger partial charge on any atom is -0.634 e. The predicted octanol–water partition coefficient (Wildman–Crippen LogP) is -2.27. The molecule has 0 aromatic carbocycles. The van der Waals surface area contributed by atoms with Crippen molar-refractivity contribution in [2.24, 2.45) is 0 Å². The Balaban J connectivity index is 2.32. The van der Waals surface area contributed by atoms with E-state index in [1.54, 1.807) is 0 Å². The zero-order valence-corrected chi connectivity index (χ0v) is 7.41. The fourth-order valence-corrected chi connectivity index (χ4v) is 0. The maximum Gasteiger partial charge on any atom is 0.316 e. The molecule has 1 nitrogen and oxygen atoms in total. The predicted molar refractivity (Wildman–Crippen MR) is 26.9 cm³/mol. The first kappa shape index (κ1) is 4.39. The molecule has 26 valence electrons. The minimum atomic E-state index is 1.16. The first-order valence-electron chi connectivity index (χ1n) is 1.22. The molecule has 0 aliphatic rings. The Morgan fingerprint density at radius 3 is 1.50 bits per heavy atom. The Bertz CT molecular complexity index is 10.8. The summed E-state index contributed by atoms with van der Waals surface area (Å²) >= 11 is 0. The second-order valence-corrected chi connectivity index (χ2v) is 6.12. The lowest BCUT2D eigenvalue weighted by Gasteiger charge is -1.98. The van der Waals surface area contributed by atoms with Gasteiger partial charge in [0.05, 0.1) is 7.11 Å². The van der Waals surface area contributed by atoms with Crippen molar-refractivity contribution in [1.29, 1.82) is 0 Å². The molecule has 0 rings (SSSR count). The highest BCUT2D eigenvalue weighted by Gasteiger charge is 1.60. The van der Waals surface area contributed by atoms with E-state index in [1.165, 1.54) is 0 Å². The van der Waals surface area contributed by atoms with Crippen LogP contribution in [0.4, 0.5) is 0 Å². The Kier molecular flexibility index (Phi) is 1.85. The summed E-state index contributed by atoms with van der Waals surface area (Å²) in [5.41, 5.74) is 0. The van der Waals surface area contributed by atoms with Gasteiger partial charge in [-0.25, -0.2) is 0 Å². The molecule has 4 heavy (non-hydrogen) atoms. The molecular weight excluding hydrogens is 84.2 g/mol. The van der Waals surface area contributed by atoms with E-state index >= 15 is 0 Å². The van der Waals surface area contributed by atoms with Crippen molar-refractivity contribution < 1.29 is 3.75 Å². The van der Waals surface area contributed by atoms with Crippen LogP contribution >= 0.6 is 0 Å². The van der Waals surface area contributed by atoms with Crippen molar-refractivity contribution in [1.82, 2.24) is 0 Å². The molecule has 0 N–H and O–H groups in total. The van der Waals surface area contributed by atoms with Gasteiger partial charge in [0.1, 0.15) is 0 Å². The van der Waals surface area contributed by atoms with Crippen LogP contribution in [0, 0.1) is 0 Å². The van der Waals surface area contributed by atoms with Gasteiger partial charge in [-0.3, -0.25) is 0 Å². The summed E-state index contributed by atoms with van der Waals surface area (Å²) in [7, 11) is 4.36. The van der Waals surface area contributed by atoms with Crippen LogP contribution in [0.2, 0.25) is 0 Å². The van der Waals surface area contributed by atoms with Gasteiger partial charge in [-0.15, -0.1) is 0 Å². The lowest BCUT2D eigenvalue weighted by atomic mass is 11.8. The van der Waals surface area contributed by atoms with Crippen molar-refractivity contribution in [2.45, 2.75) is 0 Å². The normalized spacial score (nSPS) is 10.5. The SMILES string of the molecule is C[O+]([SiH3])[SiH3]. The topological polar surface area (TPSA) is 2.70 Å². The van der Waals surface area contributed by atoms with Crippen LogP contribution in [0.1, 0.15) is 0 Å². The van der Waals surface area contributed by atoms with E-state index in [0.29, 0.717) is 0 Å². The maximum absolute atomic E-state index is 2.86. The highest BCUT2D eigenvalue weighted by Crippen LogP contribution is 1.54. The van der Waals surface area contributed by atoms with Gasteiger partial charge in [-0.2, -0.15) is 0 Å². The molecule has 0 aliphatic carbocycles. The van der Waals surface area contributed by atoms with E-state index in [1.807, 2.05) is 7.11 Å². The quantitative estimate of drug-likeness (QED) is 0.235. The molecule has 0 unspecified atom stereocenters. The molecule has 0 spiro atoms. The molecule has 0 heterocycles. The van der Waals surface area contributed by atoms with Crippen LogP contribution in [-0.2, 0) is 3.75 Å². The Morgan fingerprint density at radius 2 is 1.50 bits per heavy atom. The van der Waals surface area contributed by atoms with Crippen molar-refractivity contribution in [3.63, 3.8) is 0 Å². The van der Waals surface area contributed by atoms with Gasteiger partial charge >= 0.3 is 21.0 Å².